The summed E-state index contributed by atoms with van der Waals surface area (Å²) in [5, 5.41) is 20.5. The lowest BCUT2D eigenvalue weighted by atomic mass is 10.0. The zero-order valence-electron chi connectivity index (χ0n) is 12.7. The topological polar surface area (TPSA) is 81.9 Å². The minimum atomic E-state index is -0.455. The van der Waals surface area contributed by atoms with E-state index < -0.39 is 6.04 Å². The molecule has 1 heterocycles. The highest BCUT2D eigenvalue weighted by Gasteiger charge is 2.19. The van der Waals surface area contributed by atoms with Gasteiger partial charge in [0.25, 0.3) is 0 Å². The highest BCUT2D eigenvalue weighted by atomic mass is 16.2. The van der Waals surface area contributed by atoms with Gasteiger partial charge in [-0.3, -0.25) is 4.79 Å². The van der Waals surface area contributed by atoms with Crippen molar-refractivity contribution in [3.05, 3.63) is 16.8 Å². The van der Waals surface area contributed by atoms with Crippen LogP contribution in [0.15, 0.2) is 0 Å². The van der Waals surface area contributed by atoms with Crippen LogP contribution in [0.4, 0.5) is 5.82 Å². The van der Waals surface area contributed by atoms with Crippen LogP contribution in [0.3, 0.4) is 0 Å². The van der Waals surface area contributed by atoms with E-state index in [4.69, 9.17) is 0 Å². The van der Waals surface area contributed by atoms with Crippen LogP contribution in [0.25, 0.3) is 0 Å². The Morgan fingerprint density at radius 3 is 2.45 bits per heavy atom. The van der Waals surface area contributed by atoms with E-state index in [-0.39, 0.29) is 5.91 Å². The summed E-state index contributed by atoms with van der Waals surface area (Å²) >= 11 is 0. The maximum absolute atomic E-state index is 11.9. The number of aryl methyl sites for hydroxylation is 1. The molecule has 6 nitrogen and oxygen atoms in total. The predicted octanol–water partition coefficient (Wildman–Crippen LogP) is 1.36. The molecule has 0 aliphatic rings. The van der Waals surface area contributed by atoms with Crippen molar-refractivity contribution in [2.24, 2.45) is 0 Å². The van der Waals surface area contributed by atoms with Gasteiger partial charge in [-0.05, 0) is 25.3 Å². The first-order valence-corrected chi connectivity index (χ1v) is 6.72. The van der Waals surface area contributed by atoms with Crippen molar-refractivity contribution in [2.45, 2.75) is 39.7 Å². The summed E-state index contributed by atoms with van der Waals surface area (Å²) in [6, 6.07) is 1.72. The molecule has 0 bridgehead atoms. The molecule has 1 unspecified atom stereocenters. The zero-order chi connectivity index (χ0) is 15.3. The van der Waals surface area contributed by atoms with E-state index in [1.54, 1.807) is 21.0 Å². The van der Waals surface area contributed by atoms with E-state index in [9.17, 15) is 10.1 Å². The monoisotopic (exact) mass is 275 g/mol. The lowest BCUT2D eigenvalue weighted by molar-refractivity contribution is -0.129. The van der Waals surface area contributed by atoms with E-state index in [1.165, 1.54) is 4.90 Å². The fourth-order valence-electron chi connectivity index (χ4n) is 2.05. The lowest BCUT2D eigenvalue weighted by Crippen LogP contribution is -2.37. The molecule has 1 aromatic rings. The first-order valence-electron chi connectivity index (χ1n) is 6.72. The molecule has 0 aliphatic heterocycles. The number of nitriles is 1. The number of carbonyl (C=O) groups excluding carboxylic acids is 1. The largest absolute Gasteiger partial charge is 0.356 e. The van der Waals surface area contributed by atoms with E-state index >= 15 is 0 Å². The van der Waals surface area contributed by atoms with Crippen molar-refractivity contribution in [1.29, 1.82) is 5.26 Å². The first kappa shape index (κ1) is 15.9. The van der Waals surface area contributed by atoms with Crippen LogP contribution in [-0.2, 0) is 17.6 Å². The van der Waals surface area contributed by atoms with Gasteiger partial charge < -0.3 is 10.2 Å². The SMILES string of the molecule is CCc1nnc(NC(C)C(=O)N(C)C)c(C#N)c1CC. The van der Waals surface area contributed by atoms with Gasteiger partial charge in [0.2, 0.25) is 5.91 Å². The zero-order valence-corrected chi connectivity index (χ0v) is 12.7. The van der Waals surface area contributed by atoms with E-state index in [1.807, 2.05) is 13.8 Å². The van der Waals surface area contributed by atoms with Crippen molar-refractivity contribution in [3.8, 4) is 6.07 Å². The van der Waals surface area contributed by atoms with Crippen molar-refractivity contribution in [2.75, 3.05) is 19.4 Å². The molecule has 1 atom stereocenters. The predicted molar refractivity (Wildman–Crippen MR) is 77.3 cm³/mol. The van der Waals surface area contributed by atoms with Gasteiger partial charge in [-0.2, -0.15) is 10.4 Å². The molecule has 1 amide bonds. The van der Waals surface area contributed by atoms with E-state index in [2.05, 4.69) is 21.6 Å². The van der Waals surface area contributed by atoms with Gasteiger partial charge >= 0.3 is 0 Å². The quantitative estimate of drug-likeness (QED) is 0.877. The van der Waals surface area contributed by atoms with Crippen LogP contribution in [-0.4, -0.2) is 41.1 Å². The molecule has 1 rings (SSSR count). The fourth-order valence-corrected chi connectivity index (χ4v) is 2.05. The highest BCUT2D eigenvalue weighted by molar-refractivity contribution is 5.84. The maximum Gasteiger partial charge on any atom is 0.244 e. The maximum atomic E-state index is 11.9. The number of carbonyl (C=O) groups is 1. The number of hydrogen-bond acceptors (Lipinski definition) is 5. The third kappa shape index (κ3) is 3.23. The van der Waals surface area contributed by atoms with Crippen molar-refractivity contribution in [1.82, 2.24) is 15.1 Å². The Bertz CT molecular complexity index is 533. The van der Waals surface area contributed by atoms with E-state index in [0.717, 1.165) is 17.7 Å². The number of amides is 1. The normalized spacial score (nSPS) is 11.6. The smallest absolute Gasteiger partial charge is 0.244 e. The number of nitrogens with zero attached hydrogens (tertiary/aromatic N) is 4. The molecule has 0 spiro atoms. The molecule has 1 N–H and O–H groups in total. The second-order valence-corrected chi connectivity index (χ2v) is 4.77. The Balaban J connectivity index is 3.14. The van der Waals surface area contributed by atoms with Crippen LogP contribution < -0.4 is 5.32 Å². The van der Waals surface area contributed by atoms with Crippen LogP contribution in [0.1, 0.15) is 37.6 Å². The number of aromatic nitrogens is 2. The summed E-state index contributed by atoms with van der Waals surface area (Å²) in [6.07, 6.45) is 1.45. The Kier molecular flexibility index (Phi) is 5.44. The van der Waals surface area contributed by atoms with Crippen molar-refractivity contribution < 1.29 is 4.79 Å². The molecule has 0 saturated heterocycles. The number of rotatable bonds is 5. The second-order valence-electron chi connectivity index (χ2n) is 4.77. The molecule has 0 radical (unpaired) electrons. The van der Waals surface area contributed by atoms with Crippen LogP contribution in [0.5, 0.6) is 0 Å². The third-order valence-electron chi connectivity index (χ3n) is 3.12. The molecule has 20 heavy (non-hydrogen) atoms. The first-order chi connectivity index (χ1) is 9.46. The third-order valence-corrected chi connectivity index (χ3v) is 3.12. The van der Waals surface area contributed by atoms with Crippen LogP contribution in [0, 0.1) is 11.3 Å². The molecule has 1 aromatic heterocycles. The molecule has 6 heteroatoms. The Morgan fingerprint density at radius 2 is 2.00 bits per heavy atom. The lowest BCUT2D eigenvalue weighted by Gasteiger charge is -2.19. The fraction of sp³-hybridized carbons (Fsp3) is 0.571. The molecule has 0 aliphatic carbocycles. The van der Waals surface area contributed by atoms with Gasteiger partial charge in [0, 0.05) is 14.1 Å². The molecule has 0 saturated carbocycles. The van der Waals surface area contributed by atoms with Crippen molar-refractivity contribution >= 4 is 11.7 Å². The van der Waals surface area contributed by atoms with E-state index in [0.29, 0.717) is 17.8 Å². The standard InChI is InChI=1S/C14H21N5O/c1-6-10-11(8-15)13(18-17-12(10)7-2)16-9(3)14(20)19(4)5/h9H,6-7H2,1-5H3,(H,16,18). The Morgan fingerprint density at radius 1 is 1.35 bits per heavy atom. The summed E-state index contributed by atoms with van der Waals surface area (Å²) in [5.41, 5.74) is 2.22. The van der Waals surface area contributed by atoms with Gasteiger partial charge in [-0.1, -0.05) is 13.8 Å². The summed E-state index contributed by atoms with van der Waals surface area (Å²) in [7, 11) is 3.38. The number of anilines is 1. The second kappa shape index (κ2) is 6.85. The van der Waals surface area contributed by atoms with Crippen LogP contribution >= 0.6 is 0 Å². The Labute approximate surface area is 119 Å². The number of nitrogens with one attached hydrogen (secondary N) is 1. The molecule has 108 valence electrons. The summed E-state index contributed by atoms with van der Waals surface area (Å²) in [5.74, 6) is 0.303. The van der Waals surface area contributed by atoms with Gasteiger partial charge in [0.1, 0.15) is 17.7 Å². The highest BCUT2D eigenvalue weighted by Crippen LogP contribution is 2.20. The van der Waals surface area contributed by atoms with Gasteiger partial charge in [-0.15, -0.1) is 5.10 Å². The Hall–Kier alpha value is -2.16. The van der Waals surface area contributed by atoms with Gasteiger partial charge in [0.05, 0.1) is 5.69 Å². The van der Waals surface area contributed by atoms with Crippen molar-refractivity contribution in [3.63, 3.8) is 0 Å². The van der Waals surface area contributed by atoms with Gasteiger partial charge in [-0.25, -0.2) is 0 Å². The molecular formula is C14H21N5O. The van der Waals surface area contributed by atoms with Gasteiger partial charge in [0.15, 0.2) is 5.82 Å². The summed E-state index contributed by atoms with van der Waals surface area (Å²) in [4.78, 5) is 13.4. The summed E-state index contributed by atoms with van der Waals surface area (Å²) < 4.78 is 0. The van der Waals surface area contributed by atoms with Crippen LogP contribution in [0.2, 0.25) is 0 Å². The average molecular weight is 275 g/mol. The summed E-state index contributed by atoms with van der Waals surface area (Å²) in [6.45, 7) is 5.70. The minimum Gasteiger partial charge on any atom is -0.356 e. The molecular weight excluding hydrogens is 254 g/mol. The minimum absolute atomic E-state index is 0.0756. The molecule has 0 fully saturated rings. The number of hydrogen-bond donors (Lipinski definition) is 1. The molecule has 0 aromatic carbocycles. The average Bonchev–Trinajstić information content (AvgIpc) is 2.45. The number of likely N-dealkylation sites (N-methyl/N-ethyl adjacent to an activating group) is 1.